The second-order valence-electron chi connectivity index (χ2n) is 5.74. The molecule has 124 valence electrons. The molecule has 0 aromatic heterocycles. The minimum atomic E-state index is -0.0997. The highest BCUT2D eigenvalue weighted by atomic mass is 16.5. The molecule has 2 N–H and O–H groups in total. The lowest BCUT2D eigenvalue weighted by molar-refractivity contribution is -0.122. The standard InChI is InChI=1S/C20H22N2O2/c23-20(22-14-16-10-12-21-13-11-16)15-24-19-9-5-4-8-18(19)17-6-2-1-3-7-17/h1-10,21H,11-15H2,(H,22,23). The van der Waals surface area contributed by atoms with Gasteiger partial charge in [0.25, 0.3) is 5.91 Å². The molecule has 0 atom stereocenters. The van der Waals surface area contributed by atoms with Crippen molar-refractivity contribution in [3.05, 3.63) is 66.2 Å². The molecular formula is C20H22N2O2. The first kappa shape index (κ1) is 16.3. The topological polar surface area (TPSA) is 50.4 Å². The van der Waals surface area contributed by atoms with Crippen LogP contribution in [0, 0.1) is 0 Å². The molecule has 0 unspecified atom stereocenters. The van der Waals surface area contributed by atoms with Crippen LogP contribution in [0.2, 0.25) is 0 Å². The van der Waals surface area contributed by atoms with E-state index in [9.17, 15) is 4.79 Å². The maximum Gasteiger partial charge on any atom is 0.258 e. The summed E-state index contributed by atoms with van der Waals surface area (Å²) in [6.45, 7) is 2.48. The molecule has 1 aliphatic rings. The molecule has 0 saturated heterocycles. The van der Waals surface area contributed by atoms with E-state index in [1.165, 1.54) is 5.57 Å². The van der Waals surface area contributed by atoms with Crippen molar-refractivity contribution in [2.75, 3.05) is 26.2 Å². The molecule has 0 radical (unpaired) electrons. The smallest absolute Gasteiger partial charge is 0.258 e. The van der Waals surface area contributed by atoms with Gasteiger partial charge in [-0.3, -0.25) is 4.79 Å². The minimum Gasteiger partial charge on any atom is -0.483 e. The molecule has 4 heteroatoms. The Morgan fingerprint density at radius 3 is 2.67 bits per heavy atom. The summed E-state index contributed by atoms with van der Waals surface area (Å²) in [7, 11) is 0. The van der Waals surface area contributed by atoms with E-state index in [1.54, 1.807) is 0 Å². The van der Waals surface area contributed by atoms with E-state index in [4.69, 9.17) is 4.74 Å². The molecule has 1 aliphatic heterocycles. The summed E-state index contributed by atoms with van der Waals surface area (Å²) in [5, 5.41) is 6.18. The Morgan fingerprint density at radius 1 is 1.08 bits per heavy atom. The summed E-state index contributed by atoms with van der Waals surface area (Å²) < 4.78 is 5.75. The maximum absolute atomic E-state index is 12.0. The molecule has 2 aromatic rings. The van der Waals surface area contributed by atoms with Crippen molar-refractivity contribution in [2.45, 2.75) is 6.42 Å². The lowest BCUT2D eigenvalue weighted by Crippen LogP contribution is -2.32. The van der Waals surface area contributed by atoms with Crippen LogP contribution in [-0.2, 0) is 4.79 Å². The average molecular weight is 322 g/mol. The summed E-state index contributed by atoms with van der Waals surface area (Å²) in [6, 6.07) is 17.8. The van der Waals surface area contributed by atoms with Crippen molar-refractivity contribution < 1.29 is 9.53 Å². The van der Waals surface area contributed by atoms with Gasteiger partial charge in [-0.2, -0.15) is 0 Å². The van der Waals surface area contributed by atoms with Gasteiger partial charge in [-0.05, 0) is 24.6 Å². The van der Waals surface area contributed by atoms with E-state index < -0.39 is 0 Å². The zero-order chi connectivity index (χ0) is 16.6. The number of ether oxygens (including phenoxy) is 1. The molecular weight excluding hydrogens is 300 g/mol. The van der Waals surface area contributed by atoms with Gasteiger partial charge in [0, 0.05) is 18.7 Å². The maximum atomic E-state index is 12.0. The van der Waals surface area contributed by atoms with Crippen LogP contribution in [0.25, 0.3) is 11.1 Å². The Hall–Kier alpha value is -2.59. The van der Waals surface area contributed by atoms with Crippen molar-refractivity contribution in [3.8, 4) is 16.9 Å². The minimum absolute atomic E-state index is 0.0232. The van der Waals surface area contributed by atoms with E-state index in [0.29, 0.717) is 6.54 Å². The van der Waals surface area contributed by atoms with E-state index >= 15 is 0 Å². The zero-order valence-electron chi connectivity index (χ0n) is 13.6. The summed E-state index contributed by atoms with van der Waals surface area (Å²) in [5.41, 5.74) is 3.34. The molecule has 0 fully saturated rings. The van der Waals surface area contributed by atoms with Gasteiger partial charge >= 0.3 is 0 Å². The molecule has 0 spiro atoms. The van der Waals surface area contributed by atoms with Crippen LogP contribution < -0.4 is 15.4 Å². The van der Waals surface area contributed by atoms with Crippen LogP contribution in [0.3, 0.4) is 0 Å². The predicted molar refractivity (Wildman–Crippen MR) is 96.0 cm³/mol. The van der Waals surface area contributed by atoms with E-state index in [2.05, 4.69) is 16.7 Å². The number of benzene rings is 2. The molecule has 3 rings (SSSR count). The van der Waals surface area contributed by atoms with Crippen LogP contribution in [0.5, 0.6) is 5.75 Å². The fourth-order valence-corrected chi connectivity index (χ4v) is 2.69. The highest BCUT2D eigenvalue weighted by Gasteiger charge is 2.09. The Morgan fingerprint density at radius 2 is 1.88 bits per heavy atom. The van der Waals surface area contributed by atoms with Gasteiger partial charge in [0.05, 0.1) is 0 Å². The third kappa shape index (κ3) is 4.46. The largest absolute Gasteiger partial charge is 0.483 e. The van der Waals surface area contributed by atoms with Crippen molar-refractivity contribution >= 4 is 5.91 Å². The SMILES string of the molecule is O=C(COc1ccccc1-c1ccccc1)NCC1=CCNCC1. The number of carbonyl (C=O) groups excluding carboxylic acids is 1. The fraction of sp³-hybridized carbons (Fsp3) is 0.250. The Kier molecular flexibility index (Phi) is 5.64. The molecule has 0 bridgehead atoms. The van der Waals surface area contributed by atoms with Crippen molar-refractivity contribution in [2.24, 2.45) is 0 Å². The number of hydrogen-bond acceptors (Lipinski definition) is 3. The molecule has 0 aliphatic carbocycles. The highest BCUT2D eigenvalue weighted by Crippen LogP contribution is 2.29. The van der Waals surface area contributed by atoms with Gasteiger partial charge in [-0.15, -0.1) is 0 Å². The average Bonchev–Trinajstić information content (AvgIpc) is 2.66. The quantitative estimate of drug-likeness (QED) is 0.804. The van der Waals surface area contributed by atoms with Crippen molar-refractivity contribution in [3.63, 3.8) is 0 Å². The van der Waals surface area contributed by atoms with Gasteiger partial charge in [-0.25, -0.2) is 0 Å². The monoisotopic (exact) mass is 322 g/mol. The lowest BCUT2D eigenvalue weighted by Gasteiger charge is -2.15. The van der Waals surface area contributed by atoms with Gasteiger partial charge in [0.15, 0.2) is 6.61 Å². The van der Waals surface area contributed by atoms with E-state index in [1.807, 2.05) is 54.6 Å². The van der Waals surface area contributed by atoms with Gasteiger partial charge in [0.2, 0.25) is 0 Å². The Bertz CT molecular complexity index is 711. The number of amides is 1. The van der Waals surface area contributed by atoms with Crippen LogP contribution in [0.15, 0.2) is 66.2 Å². The summed E-state index contributed by atoms with van der Waals surface area (Å²) in [6.07, 6.45) is 3.12. The predicted octanol–water partition coefficient (Wildman–Crippen LogP) is 2.77. The number of rotatable bonds is 6. The first-order valence-electron chi connectivity index (χ1n) is 8.25. The zero-order valence-corrected chi connectivity index (χ0v) is 13.6. The van der Waals surface area contributed by atoms with Gasteiger partial charge in [-0.1, -0.05) is 60.2 Å². The molecule has 2 aromatic carbocycles. The van der Waals surface area contributed by atoms with E-state index in [0.717, 1.165) is 36.4 Å². The number of para-hydroxylation sites is 1. The normalized spacial score (nSPS) is 13.9. The molecule has 24 heavy (non-hydrogen) atoms. The fourth-order valence-electron chi connectivity index (χ4n) is 2.69. The first-order valence-corrected chi connectivity index (χ1v) is 8.25. The van der Waals surface area contributed by atoms with Crippen LogP contribution in [0.1, 0.15) is 6.42 Å². The molecule has 4 nitrogen and oxygen atoms in total. The third-order valence-corrected chi connectivity index (χ3v) is 4.00. The summed E-state index contributed by atoms with van der Waals surface area (Å²) in [5.74, 6) is 0.622. The number of carbonyl (C=O) groups is 1. The third-order valence-electron chi connectivity index (χ3n) is 4.00. The highest BCUT2D eigenvalue weighted by molar-refractivity contribution is 5.78. The number of hydrogen-bond donors (Lipinski definition) is 2. The second-order valence-corrected chi connectivity index (χ2v) is 5.74. The summed E-state index contributed by atoms with van der Waals surface area (Å²) in [4.78, 5) is 12.0. The van der Waals surface area contributed by atoms with Crippen LogP contribution in [-0.4, -0.2) is 32.1 Å². The Labute approximate surface area is 142 Å². The first-order chi connectivity index (χ1) is 11.8. The molecule has 1 heterocycles. The molecule has 0 saturated carbocycles. The van der Waals surface area contributed by atoms with Crippen LogP contribution in [0.4, 0.5) is 0 Å². The van der Waals surface area contributed by atoms with Crippen LogP contribution >= 0.6 is 0 Å². The molecule has 1 amide bonds. The van der Waals surface area contributed by atoms with Gasteiger partial charge < -0.3 is 15.4 Å². The summed E-state index contributed by atoms with van der Waals surface area (Å²) >= 11 is 0. The number of nitrogens with one attached hydrogen (secondary N) is 2. The lowest BCUT2D eigenvalue weighted by atomic mass is 10.1. The van der Waals surface area contributed by atoms with Crippen molar-refractivity contribution in [1.82, 2.24) is 10.6 Å². The second kappa shape index (κ2) is 8.31. The Balaban J connectivity index is 1.57. The van der Waals surface area contributed by atoms with Crippen molar-refractivity contribution in [1.29, 1.82) is 0 Å². The van der Waals surface area contributed by atoms with Gasteiger partial charge in [0.1, 0.15) is 5.75 Å². The van der Waals surface area contributed by atoms with E-state index in [-0.39, 0.29) is 12.5 Å².